The van der Waals surface area contributed by atoms with Gasteiger partial charge in [-0.3, -0.25) is 13.5 Å². The number of para-hydroxylation sites is 1. The first-order valence-corrected chi connectivity index (χ1v) is 14.0. The second-order valence-electron chi connectivity index (χ2n) is 7.46. The van der Waals surface area contributed by atoms with Gasteiger partial charge < -0.3 is 10.4 Å². The molecule has 0 radical (unpaired) electrons. The zero-order valence-electron chi connectivity index (χ0n) is 18.6. The van der Waals surface area contributed by atoms with Crippen molar-refractivity contribution in [1.29, 1.82) is 0 Å². The average Bonchev–Trinajstić information content (AvgIpc) is 3.06. The van der Waals surface area contributed by atoms with Gasteiger partial charge in [0.25, 0.3) is 11.5 Å². The van der Waals surface area contributed by atoms with Gasteiger partial charge in [0.05, 0.1) is 5.56 Å². The lowest BCUT2D eigenvalue weighted by Crippen LogP contribution is -2.13. The molecule has 0 saturated heterocycles. The quantitative estimate of drug-likeness (QED) is 0.227. The molecule has 0 spiro atoms. The van der Waals surface area contributed by atoms with Crippen LogP contribution in [0.5, 0.6) is 5.75 Å². The zero-order chi connectivity index (χ0) is 25.1. The van der Waals surface area contributed by atoms with Gasteiger partial charge in [0, 0.05) is 21.2 Å². The Kier molecular flexibility index (Phi) is 12.7. The van der Waals surface area contributed by atoms with Gasteiger partial charge in [-0.25, -0.2) is 0 Å². The molecule has 0 saturated carbocycles. The van der Waals surface area contributed by atoms with Crippen molar-refractivity contribution in [2.24, 2.45) is 0 Å². The number of amides is 1. The van der Waals surface area contributed by atoms with Gasteiger partial charge in [-0.2, -0.15) is 0 Å². The summed E-state index contributed by atoms with van der Waals surface area (Å²) < 4.78 is 3.44. The van der Waals surface area contributed by atoms with Crippen LogP contribution in [0, 0.1) is 0 Å². The number of hydrogen-bond acceptors (Lipinski definition) is 4. The van der Waals surface area contributed by atoms with Crippen LogP contribution < -0.4 is 10.9 Å². The fraction of sp³-hybridized carbons (Fsp3) is 0.333. The van der Waals surface area contributed by atoms with Crippen molar-refractivity contribution < 1.29 is 9.90 Å². The molecule has 3 aromatic rings. The summed E-state index contributed by atoms with van der Waals surface area (Å²) in [5, 5.41) is 12.6. The highest BCUT2D eigenvalue weighted by Gasteiger charge is 2.14. The van der Waals surface area contributed by atoms with Gasteiger partial charge in [0.1, 0.15) is 15.1 Å². The largest absolute Gasteiger partial charge is 0.507 e. The average molecular weight is 653 g/mol. The smallest absolute Gasteiger partial charge is 0.280 e. The molecule has 1 aromatic heterocycles. The first-order chi connectivity index (χ1) is 16.2. The van der Waals surface area contributed by atoms with E-state index in [9.17, 15) is 14.7 Å². The Bertz CT molecular complexity index is 1140. The van der Waals surface area contributed by atoms with Crippen molar-refractivity contribution >= 4 is 78.2 Å². The maximum Gasteiger partial charge on any atom is 0.280 e. The second kappa shape index (κ2) is 14.9. The zero-order valence-corrected chi connectivity index (χ0v) is 24.1. The minimum Gasteiger partial charge on any atom is -0.507 e. The van der Waals surface area contributed by atoms with Crippen molar-refractivity contribution in [3.8, 4) is 5.75 Å². The first kappa shape index (κ1) is 28.9. The van der Waals surface area contributed by atoms with Crippen LogP contribution in [0.15, 0.2) is 56.2 Å². The summed E-state index contributed by atoms with van der Waals surface area (Å²) >= 11 is 19.3. The van der Waals surface area contributed by atoms with Gasteiger partial charge in [-0.1, -0.05) is 80.4 Å². The summed E-state index contributed by atoms with van der Waals surface area (Å²) in [4.78, 5) is 23.5. The topological polar surface area (TPSA) is 71.3 Å². The SMILES string of the molecule is CCCCCCCCn1sc(Cl)c(Cl)c1=O.O=C(Nc1ccccc1)c1cc(Br)c(Br)cc1O. The fourth-order valence-electron chi connectivity index (χ4n) is 2.99. The van der Waals surface area contributed by atoms with E-state index in [0.29, 0.717) is 19.0 Å². The first-order valence-electron chi connectivity index (χ1n) is 10.8. The number of nitrogens with one attached hydrogen (secondary N) is 1. The third-order valence-electron chi connectivity index (χ3n) is 4.81. The van der Waals surface area contributed by atoms with Crippen LogP contribution >= 0.6 is 66.6 Å². The highest BCUT2D eigenvalue weighted by atomic mass is 79.9. The molecule has 0 fully saturated rings. The Hall–Kier alpha value is -1.32. The number of aromatic hydroxyl groups is 1. The number of benzene rings is 2. The summed E-state index contributed by atoms with van der Waals surface area (Å²) in [5.41, 5.74) is 0.750. The number of aromatic nitrogens is 1. The highest BCUT2D eigenvalue weighted by molar-refractivity contribution is 9.13. The Morgan fingerprint density at radius 3 is 2.26 bits per heavy atom. The van der Waals surface area contributed by atoms with Gasteiger partial charge >= 0.3 is 0 Å². The van der Waals surface area contributed by atoms with E-state index in [1.54, 1.807) is 22.2 Å². The van der Waals surface area contributed by atoms with E-state index >= 15 is 0 Å². The molecule has 1 heterocycles. The van der Waals surface area contributed by atoms with E-state index < -0.39 is 0 Å². The van der Waals surface area contributed by atoms with Crippen LogP contribution in [0.3, 0.4) is 0 Å². The van der Waals surface area contributed by atoms with E-state index in [-0.39, 0.29) is 27.8 Å². The number of aryl methyl sites for hydroxylation is 1. The predicted octanol–water partition coefficient (Wildman–Crippen LogP) is 8.75. The molecule has 1 amide bonds. The lowest BCUT2D eigenvalue weighted by Gasteiger charge is -2.08. The molecule has 0 aliphatic heterocycles. The van der Waals surface area contributed by atoms with Gasteiger partial charge in [-0.05, 0) is 74.1 Å². The lowest BCUT2D eigenvalue weighted by atomic mass is 10.1. The Balaban J connectivity index is 0.000000242. The number of halogens is 4. The van der Waals surface area contributed by atoms with Crippen LogP contribution in [0.25, 0.3) is 0 Å². The van der Waals surface area contributed by atoms with Crippen molar-refractivity contribution in [3.05, 3.63) is 76.7 Å². The van der Waals surface area contributed by atoms with Crippen molar-refractivity contribution in [1.82, 2.24) is 3.96 Å². The number of nitrogens with zero attached hydrogens (tertiary/aromatic N) is 1. The molecule has 34 heavy (non-hydrogen) atoms. The number of rotatable bonds is 9. The molecular weight excluding hydrogens is 627 g/mol. The highest BCUT2D eigenvalue weighted by Crippen LogP contribution is 2.31. The molecular formula is C24H26Br2Cl2N2O3S. The number of hydrogen-bond donors (Lipinski definition) is 2. The van der Waals surface area contributed by atoms with E-state index in [1.165, 1.54) is 49.7 Å². The van der Waals surface area contributed by atoms with Gasteiger partial charge in [-0.15, -0.1) is 0 Å². The van der Waals surface area contributed by atoms with E-state index in [1.807, 2.05) is 18.2 Å². The second-order valence-corrected chi connectivity index (χ2v) is 11.2. The Labute approximate surface area is 230 Å². The van der Waals surface area contributed by atoms with Gasteiger partial charge in [0.15, 0.2) is 0 Å². The number of carbonyl (C=O) groups excluding carboxylic acids is 1. The molecule has 0 aliphatic rings. The van der Waals surface area contributed by atoms with Crippen LogP contribution in [0.2, 0.25) is 9.36 Å². The van der Waals surface area contributed by atoms with Crippen LogP contribution in [0.1, 0.15) is 55.8 Å². The fourth-order valence-corrected chi connectivity index (χ4v) is 5.01. The van der Waals surface area contributed by atoms with Crippen LogP contribution in [0.4, 0.5) is 5.69 Å². The maximum atomic E-state index is 12.0. The third-order valence-corrected chi connectivity index (χ3v) is 8.54. The van der Waals surface area contributed by atoms with Crippen molar-refractivity contribution in [2.75, 3.05) is 5.32 Å². The van der Waals surface area contributed by atoms with E-state index in [2.05, 4.69) is 44.1 Å². The molecule has 0 bridgehead atoms. The number of carbonyl (C=O) groups is 1. The summed E-state index contributed by atoms with van der Waals surface area (Å²) in [6, 6.07) is 12.1. The monoisotopic (exact) mass is 650 g/mol. The molecule has 0 atom stereocenters. The molecule has 0 aliphatic carbocycles. The number of phenols is 1. The van der Waals surface area contributed by atoms with Crippen LogP contribution in [-0.4, -0.2) is 15.0 Å². The van der Waals surface area contributed by atoms with Crippen molar-refractivity contribution in [2.45, 2.75) is 52.0 Å². The molecule has 5 nitrogen and oxygen atoms in total. The maximum absolute atomic E-state index is 12.0. The van der Waals surface area contributed by atoms with Crippen molar-refractivity contribution in [3.63, 3.8) is 0 Å². The summed E-state index contributed by atoms with van der Waals surface area (Å²) in [6.07, 6.45) is 7.29. The number of phenolic OH excluding ortho intramolecular Hbond substituents is 1. The molecule has 0 unspecified atom stereocenters. The summed E-state index contributed by atoms with van der Waals surface area (Å²) in [7, 11) is 0. The number of anilines is 1. The normalized spacial score (nSPS) is 10.5. The van der Waals surface area contributed by atoms with E-state index in [0.717, 1.165) is 13.0 Å². The third kappa shape index (κ3) is 9.04. The summed E-state index contributed by atoms with van der Waals surface area (Å²) in [5.74, 6) is -0.426. The molecule has 2 N–H and O–H groups in total. The number of unbranched alkanes of at least 4 members (excludes halogenated alkanes) is 5. The predicted molar refractivity (Wildman–Crippen MR) is 150 cm³/mol. The Morgan fingerprint density at radius 1 is 1.03 bits per heavy atom. The molecule has 2 aromatic carbocycles. The lowest BCUT2D eigenvalue weighted by molar-refractivity contribution is 0.102. The van der Waals surface area contributed by atoms with Gasteiger partial charge in [0.2, 0.25) is 0 Å². The van der Waals surface area contributed by atoms with E-state index in [4.69, 9.17) is 23.2 Å². The minimum atomic E-state index is -0.355. The summed E-state index contributed by atoms with van der Waals surface area (Å²) in [6.45, 7) is 2.94. The molecule has 10 heteroatoms. The Morgan fingerprint density at radius 2 is 1.65 bits per heavy atom. The standard InChI is InChI=1S/C13H9Br2NO2.C11H17Cl2NOS/c14-10-6-9(12(17)7-11(10)15)13(18)16-8-4-2-1-3-5-8;1-2-3-4-5-6-7-8-14-11(15)9(12)10(13)16-14/h1-7,17H,(H,16,18);2-8H2,1H3. The van der Waals surface area contributed by atoms with Crippen LogP contribution in [-0.2, 0) is 6.54 Å². The molecule has 184 valence electrons. The minimum absolute atomic E-state index is 0.0708. The molecule has 3 rings (SSSR count).